The van der Waals surface area contributed by atoms with Gasteiger partial charge in [0, 0.05) is 13.5 Å². The molecule has 0 bridgehead atoms. The Kier molecular flexibility index (Phi) is 6.92. The standard InChI is InChI=1S/C5H10N2O3.ClH/c1-3(8)7-2-4(6)5(9)10;/h4H,2,6H2,1H3,(H,7,8)(H,9,10);1H/t4-;/m0./s1. The van der Waals surface area contributed by atoms with Gasteiger partial charge in [0.2, 0.25) is 5.91 Å². The predicted molar refractivity (Wildman–Crippen MR) is 41.5 cm³/mol. The molecule has 0 heterocycles. The van der Waals surface area contributed by atoms with Gasteiger partial charge in [0.25, 0.3) is 0 Å². The summed E-state index contributed by atoms with van der Waals surface area (Å²) in [6.07, 6.45) is 0. The lowest BCUT2D eigenvalue weighted by Gasteiger charge is -2.05. The quantitative estimate of drug-likeness (QED) is 0.520. The van der Waals surface area contributed by atoms with Gasteiger partial charge in [0.15, 0.2) is 0 Å². The zero-order valence-electron chi connectivity index (χ0n) is 6.03. The number of hydrogen-bond acceptors (Lipinski definition) is 3. The normalized spacial score (nSPS) is 11.1. The maximum atomic E-state index is 10.2. The highest BCUT2D eigenvalue weighted by molar-refractivity contribution is 5.85. The SMILES string of the molecule is CC(=O)NC[C@H](N)C(=O)O.Cl. The van der Waals surface area contributed by atoms with Crippen molar-refractivity contribution in [3.63, 3.8) is 0 Å². The summed E-state index contributed by atoms with van der Waals surface area (Å²) in [4.78, 5) is 20.2. The fourth-order valence-corrected chi connectivity index (χ4v) is 0.341. The minimum Gasteiger partial charge on any atom is -0.480 e. The Morgan fingerprint density at radius 2 is 2.09 bits per heavy atom. The summed E-state index contributed by atoms with van der Waals surface area (Å²) in [6, 6.07) is -1.01. The smallest absolute Gasteiger partial charge is 0.322 e. The van der Waals surface area contributed by atoms with Gasteiger partial charge in [0.05, 0.1) is 0 Å². The number of nitrogens with one attached hydrogen (secondary N) is 1. The van der Waals surface area contributed by atoms with E-state index in [4.69, 9.17) is 10.8 Å². The number of hydrogen-bond donors (Lipinski definition) is 3. The van der Waals surface area contributed by atoms with E-state index < -0.39 is 12.0 Å². The zero-order chi connectivity index (χ0) is 8.15. The first-order chi connectivity index (χ1) is 4.54. The Hall–Kier alpha value is -0.810. The van der Waals surface area contributed by atoms with Gasteiger partial charge in [-0.1, -0.05) is 0 Å². The third-order valence-corrected chi connectivity index (χ3v) is 0.888. The van der Waals surface area contributed by atoms with Crippen molar-refractivity contribution in [2.75, 3.05) is 6.54 Å². The molecule has 6 heteroatoms. The maximum Gasteiger partial charge on any atom is 0.322 e. The Balaban J connectivity index is 0. The van der Waals surface area contributed by atoms with Crippen LogP contribution in [0.1, 0.15) is 6.92 Å². The van der Waals surface area contributed by atoms with Gasteiger partial charge < -0.3 is 16.2 Å². The van der Waals surface area contributed by atoms with Crippen LogP contribution in [-0.2, 0) is 9.59 Å². The van der Waals surface area contributed by atoms with Crippen molar-refractivity contribution in [1.82, 2.24) is 5.32 Å². The summed E-state index contributed by atoms with van der Waals surface area (Å²) in [7, 11) is 0. The monoisotopic (exact) mass is 182 g/mol. The molecule has 5 nitrogen and oxygen atoms in total. The second-order valence-corrected chi connectivity index (χ2v) is 1.88. The molecule has 66 valence electrons. The molecular formula is C5H11ClN2O3. The highest BCUT2D eigenvalue weighted by Crippen LogP contribution is 1.74. The van der Waals surface area contributed by atoms with Gasteiger partial charge in [-0.3, -0.25) is 9.59 Å². The molecule has 0 fully saturated rings. The summed E-state index contributed by atoms with van der Waals surface area (Å²) in [5, 5.41) is 10.5. The molecule has 0 saturated carbocycles. The second-order valence-electron chi connectivity index (χ2n) is 1.88. The molecule has 0 unspecified atom stereocenters. The van der Waals surface area contributed by atoms with Crippen molar-refractivity contribution in [2.24, 2.45) is 5.73 Å². The van der Waals surface area contributed by atoms with Crippen LogP contribution in [0.3, 0.4) is 0 Å². The number of aliphatic carboxylic acids is 1. The van der Waals surface area contributed by atoms with Gasteiger partial charge in [-0.15, -0.1) is 12.4 Å². The van der Waals surface area contributed by atoms with Crippen LogP contribution in [0.25, 0.3) is 0 Å². The molecule has 0 aliphatic rings. The molecule has 0 spiro atoms. The zero-order valence-corrected chi connectivity index (χ0v) is 6.85. The summed E-state index contributed by atoms with van der Waals surface area (Å²) >= 11 is 0. The lowest BCUT2D eigenvalue weighted by atomic mass is 10.3. The largest absolute Gasteiger partial charge is 0.480 e. The van der Waals surface area contributed by atoms with E-state index in [0.29, 0.717) is 0 Å². The third-order valence-electron chi connectivity index (χ3n) is 0.888. The van der Waals surface area contributed by atoms with Crippen molar-refractivity contribution in [3.8, 4) is 0 Å². The number of halogens is 1. The van der Waals surface area contributed by atoms with E-state index in [0.717, 1.165) is 0 Å². The third kappa shape index (κ3) is 7.08. The Morgan fingerprint density at radius 1 is 1.64 bits per heavy atom. The summed E-state index contributed by atoms with van der Waals surface area (Å²) < 4.78 is 0. The first-order valence-corrected chi connectivity index (χ1v) is 2.77. The molecule has 1 atom stereocenters. The van der Waals surface area contributed by atoms with E-state index in [1.807, 2.05) is 0 Å². The molecule has 0 rings (SSSR count). The van der Waals surface area contributed by atoms with Crippen LogP contribution in [0.5, 0.6) is 0 Å². The van der Waals surface area contributed by atoms with Crippen LogP contribution < -0.4 is 11.1 Å². The van der Waals surface area contributed by atoms with Gasteiger partial charge in [-0.05, 0) is 0 Å². The number of carboxylic acids is 1. The van der Waals surface area contributed by atoms with E-state index in [1.54, 1.807) is 0 Å². The van der Waals surface area contributed by atoms with E-state index in [2.05, 4.69) is 5.32 Å². The molecule has 0 aliphatic carbocycles. The first-order valence-electron chi connectivity index (χ1n) is 2.77. The van der Waals surface area contributed by atoms with Gasteiger partial charge in [-0.2, -0.15) is 0 Å². The molecule has 0 aromatic carbocycles. The minimum absolute atomic E-state index is 0. The number of carbonyl (C=O) groups is 2. The van der Waals surface area contributed by atoms with Crippen molar-refractivity contribution in [3.05, 3.63) is 0 Å². The van der Waals surface area contributed by atoms with Gasteiger partial charge in [-0.25, -0.2) is 0 Å². The fourth-order valence-electron chi connectivity index (χ4n) is 0.341. The number of nitrogens with two attached hydrogens (primary N) is 1. The summed E-state index contributed by atoms with van der Waals surface area (Å²) in [5.41, 5.74) is 5.05. The topological polar surface area (TPSA) is 92.4 Å². The Labute approximate surface area is 70.4 Å². The second kappa shape index (κ2) is 5.94. The highest BCUT2D eigenvalue weighted by Gasteiger charge is 2.10. The Bertz CT molecular complexity index is 151. The van der Waals surface area contributed by atoms with E-state index >= 15 is 0 Å². The van der Waals surface area contributed by atoms with Gasteiger partial charge >= 0.3 is 5.97 Å². The number of rotatable bonds is 3. The molecule has 11 heavy (non-hydrogen) atoms. The minimum atomic E-state index is -1.12. The van der Waals surface area contributed by atoms with Crippen LogP contribution in [0.2, 0.25) is 0 Å². The summed E-state index contributed by atoms with van der Waals surface area (Å²) in [6.45, 7) is 1.28. The van der Waals surface area contributed by atoms with Crippen molar-refractivity contribution < 1.29 is 14.7 Å². The predicted octanol–water partition coefficient (Wildman–Crippen LogP) is -1.04. The molecule has 0 aromatic rings. The average Bonchev–Trinajstić information content (AvgIpc) is 1.82. The molecule has 0 aromatic heterocycles. The lowest BCUT2D eigenvalue weighted by molar-refractivity contribution is -0.138. The highest BCUT2D eigenvalue weighted by atomic mass is 35.5. The Morgan fingerprint density at radius 3 is 2.36 bits per heavy atom. The maximum absolute atomic E-state index is 10.2. The average molecular weight is 183 g/mol. The van der Waals surface area contributed by atoms with E-state index in [9.17, 15) is 9.59 Å². The van der Waals surface area contributed by atoms with Crippen LogP contribution in [0.15, 0.2) is 0 Å². The van der Waals surface area contributed by atoms with E-state index in [1.165, 1.54) is 6.92 Å². The molecular weight excluding hydrogens is 172 g/mol. The molecule has 0 saturated heterocycles. The fraction of sp³-hybridized carbons (Fsp3) is 0.600. The summed E-state index contributed by atoms with van der Waals surface area (Å²) in [5.74, 6) is -1.40. The van der Waals surface area contributed by atoms with E-state index in [-0.39, 0.29) is 24.9 Å². The lowest BCUT2D eigenvalue weighted by Crippen LogP contribution is -2.41. The van der Waals surface area contributed by atoms with Crippen molar-refractivity contribution in [1.29, 1.82) is 0 Å². The van der Waals surface area contributed by atoms with Crippen LogP contribution in [0, 0.1) is 0 Å². The number of carboxylic acid groups (broad SMARTS) is 1. The van der Waals surface area contributed by atoms with Crippen LogP contribution >= 0.6 is 12.4 Å². The number of amides is 1. The van der Waals surface area contributed by atoms with Gasteiger partial charge in [0.1, 0.15) is 6.04 Å². The molecule has 0 aliphatic heterocycles. The van der Waals surface area contributed by atoms with Crippen LogP contribution in [-0.4, -0.2) is 29.6 Å². The van der Waals surface area contributed by atoms with Crippen molar-refractivity contribution >= 4 is 24.3 Å². The first kappa shape index (κ1) is 12.8. The molecule has 1 amide bonds. The van der Waals surface area contributed by atoms with Crippen LogP contribution in [0.4, 0.5) is 0 Å². The molecule has 4 N–H and O–H groups in total. The number of carbonyl (C=O) groups excluding carboxylic acids is 1. The molecule has 0 radical (unpaired) electrons. The van der Waals surface area contributed by atoms with Crippen molar-refractivity contribution in [2.45, 2.75) is 13.0 Å².